The van der Waals surface area contributed by atoms with E-state index in [0.29, 0.717) is 5.92 Å². The molecule has 1 atom stereocenters. The molecule has 0 heterocycles. The molecule has 1 unspecified atom stereocenters. The number of terminal acetylenes is 1. The zero-order valence-corrected chi connectivity index (χ0v) is 14.3. The molecule has 1 aromatic rings. The van der Waals surface area contributed by atoms with Crippen molar-refractivity contribution in [3.63, 3.8) is 0 Å². The van der Waals surface area contributed by atoms with Gasteiger partial charge in [-0.3, -0.25) is 0 Å². The maximum atomic E-state index is 5.96. The molecule has 0 saturated heterocycles. The van der Waals surface area contributed by atoms with E-state index < -0.39 is 8.38 Å². The van der Waals surface area contributed by atoms with Crippen LogP contribution in [-0.4, -0.2) is 6.66 Å². The molecule has 0 amide bonds. The van der Waals surface area contributed by atoms with Crippen molar-refractivity contribution in [1.82, 2.24) is 0 Å². The third kappa shape index (κ3) is 6.06. The molecule has 21 heavy (non-hydrogen) atoms. The molecule has 0 aliphatic carbocycles. The predicted molar refractivity (Wildman–Crippen MR) is 91.6 cm³/mol. The smallest absolute Gasteiger partial charge is 0.286 e. The van der Waals surface area contributed by atoms with Crippen molar-refractivity contribution in [2.45, 2.75) is 33.6 Å². The van der Waals surface area contributed by atoms with E-state index in [-0.39, 0.29) is 0 Å². The Hall–Kier alpha value is -1.71. The van der Waals surface area contributed by atoms with E-state index in [4.69, 9.17) is 15.5 Å². The number of hydrogen-bond acceptors (Lipinski definition) is 2. The Kier molecular flexibility index (Phi) is 7.06. The lowest BCUT2D eigenvalue weighted by molar-refractivity contribution is 0.446. The molecule has 0 fully saturated rings. The highest BCUT2D eigenvalue weighted by Crippen LogP contribution is 2.39. The van der Waals surface area contributed by atoms with Crippen LogP contribution in [0.3, 0.4) is 0 Å². The Morgan fingerprint density at radius 3 is 2.71 bits per heavy atom. The Balaban J connectivity index is 2.71. The van der Waals surface area contributed by atoms with Crippen LogP contribution in [0.1, 0.15) is 37.8 Å². The summed E-state index contributed by atoms with van der Waals surface area (Å²) in [5.41, 5.74) is 3.35. The van der Waals surface area contributed by atoms with Gasteiger partial charge in [-0.2, -0.15) is 0 Å². The summed E-state index contributed by atoms with van der Waals surface area (Å²) in [6.07, 6.45) is 10.4. The number of rotatable bonds is 6. The van der Waals surface area contributed by atoms with Gasteiger partial charge in [-0.1, -0.05) is 31.9 Å². The van der Waals surface area contributed by atoms with Gasteiger partial charge in [0.05, 0.1) is 6.26 Å². The van der Waals surface area contributed by atoms with Crippen molar-refractivity contribution in [2.24, 2.45) is 0 Å². The molecular weight excluding hydrogens is 279 g/mol. The Bertz CT molecular complexity index is 565. The van der Waals surface area contributed by atoms with Crippen molar-refractivity contribution >= 4 is 8.38 Å². The molecular formula is C18H23O2P. The van der Waals surface area contributed by atoms with E-state index in [9.17, 15) is 0 Å². The molecule has 0 bridgehead atoms. The average Bonchev–Trinajstić information content (AvgIpc) is 2.38. The van der Waals surface area contributed by atoms with Crippen LogP contribution in [-0.2, 0) is 4.52 Å². The third-order valence-corrected chi connectivity index (χ3v) is 3.74. The van der Waals surface area contributed by atoms with Gasteiger partial charge in [0, 0.05) is 6.66 Å². The molecule has 0 aliphatic heterocycles. The van der Waals surface area contributed by atoms with Gasteiger partial charge < -0.3 is 9.05 Å². The zero-order valence-electron chi connectivity index (χ0n) is 13.4. The van der Waals surface area contributed by atoms with Crippen LogP contribution in [0.2, 0.25) is 0 Å². The second kappa shape index (κ2) is 8.55. The lowest BCUT2D eigenvalue weighted by Gasteiger charge is -2.17. The summed E-state index contributed by atoms with van der Waals surface area (Å²) in [6, 6.07) is 6.29. The van der Waals surface area contributed by atoms with Crippen molar-refractivity contribution in [3.05, 3.63) is 53.3 Å². The van der Waals surface area contributed by atoms with Crippen LogP contribution < -0.4 is 4.52 Å². The molecule has 3 heteroatoms. The highest BCUT2D eigenvalue weighted by molar-refractivity contribution is 7.46. The molecule has 1 rings (SSSR count). The van der Waals surface area contributed by atoms with Crippen LogP contribution >= 0.6 is 8.38 Å². The molecule has 2 nitrogen and oxygen atoms in total. The molecule has 0 aromatic heterocycles. The van der Waals surface area contributed by atoms with Gasteiger partial charge in [0.15, 0.2) is 0 Å². The largest absolute Gasteiger partial charge is 0.447 e. The van der Waals surface area contributed by atoms with E-state index in [0.717, 1.165) is 11.3 Å². The molecule has 0 N–H and O–H groups in total. The summed E-state index contributed by atoms with van der Waals surface area (Å²) >= 11 is 0. The SMILES string of the molecule is C#C/C=C(C)\C=C\OP(C)Oc1cc(C)ccc1C(C)C. The van der Waals surface area contributed by atoms with Crippen LogP contribution in [0, 0.1) is 19.3 Å². The van der Waals surface area contributed by atoms with Crippen molar-refractivity contribution in [3.8, 4) is 18.1 Å². The quantitative estimate of drug-likeness (QED) is 0.297. The standard InChI is InChI=1S/C18H23O2P/c1-7-8-15(4)11-12-19-21(6)20-18-13-16(5)9-10-17(18)14(2)3/h1,8-14H,2-6H3/b12-11+,15-8-. The fraction of sp³-hybridized carbons (Fsp3) is 0.333. The molecule has 0 radical (unpaired) electrons. The van der Waals surface area contributed by atoms with Crippen LogP contribution in [0.15, 0.2) is 42.2 Å². The molecule has 1 aromatic carbocycles. The van der Waals surface area contributed by atoms with Gasteiger partial charge in [-0.15, -0.1) is 6.42 Å². The van der Waals surface area contributed by atoms with Crippen LogP contribution in [0.4, 0.5) is 0 Å². The van der Waals surface area contributed by atoms with Crippen molar-refractivity contribution in [2.75, 3.05) is 6.66 Å². The van der Waals surface area contributed by atoms with E-state index in [1.165, 1.54) is 11.1 Å². The maximum absolute atomic E-state index is 5.96. The second-order valence-electron chi connectivity index (χ2n) is 5.19. The number of hydrogen-bond donors (Lipinski definition) is 0. The van der Waals surface area contributed by atoms with Crippen molar-refractivity contribution < 1.29 is 9.05 Å². The van der Waals surface area contributed by atoms with Crippen molar-refractivity contribution in [1.29, 1.82) is 0 Å². The van der Waals surface area contributed by atoms with Gasteiger partial charge in [0.2, 0.25) is 0 Å². The minimum atomic E-state index is -1.02. The lowest BCUT2D eigenvalue weighted by atomic mass is 10.0. The summed E-state index contributed by atoms with van der Waals surface area (Å²) in [5, 5.41) is 0. The maximum Gasteiger partial charge on any atom is 0.286 e. The van der Waals surface area contributed by atoms with Gasteiger partial charge in [0.25, 0.3) is 8.38 Å². The number of allylic oxidation sites excluding steroid dienone is 3. The number of benzene rings is 1. The fourth-order valence-electron chi connectivity index (χ4n) is 1.76. The minimum Gasteiger partial charge on any atom is -0.447 e. The Morgan fingerprint density at radius 2 is 2.10 bits per heavy atom. The van der Waals surface area contributed by atoms with Gasteiger partial charge in [-0.25, -0.2) is 0 Å². The molecule has 112 valence electrons. The van der Waals surface area contributed by atoms with E-state index in [1.807, 2.05) is 19.7 Å². The highest BCUT2D eigenvalue weighted by atomic mass is 31.2. The first-order chi connectivity index (χ1) is 9.93. The Labute approximate surface area is 129 Å². The van der Waals surface area contributed by atoms with Gasteiger partial charge in [-0.05, 0) is 54.7 Å². The first kappa shape index (κ1) is 17.3. The fourth-order valence-corrected chi connectivity index (χ4v) is 2.47. The third-order valence-electron chi connectivity index (χ3n) is 2.87. The molecule has 0 saturated carbocycles. The summed E-state index contributed by atoms with van der Waals surface area (Å²) in [5.74, 6) is 3.80. The monoisotopic (exact) mass is 302 g/mol. The summed E-state index contributed by atoms with van der Waals surface area (Å²) in [4.78, 5) is 0. The average molecular weight is 302 g/mol. The zero-order chi connectivity index (χ0) is 15.8. The lowest BCUT2D eigenvalue weighted by Crippen LogP contribution is -1.96. The van der Waals surface area contributed by atoms with Gasteiger partial charge >= 0.3 is 0 Å². The minimum absolute atomic E-state index is 0.417. The molecule has 0 spiro atoms. The summed E-state index contributed by atoms with van der Waals surface area (Å²) in [6.45, 7) is 10.2. The van der Waals surface area contributed by atoms with Gasteiger partial charge in [0.1, 0.15) is 5.75 Å². The van der Waals surface area contributed by atoms with E-state index in [2.05, 4.69) is 44.9 Å². The Morgan fingerprint density at radius 1 is 1.38 bits per heavy atom. The first-order valence-electron chi connectivity index (χ1n) is 6.92. The normalized spacial score (nSPS) is 13.3. The predicted octanol–water partition coefficient (Wildman–Crippen LogP) is 5.55. The van der Waals surface area contributed by atoms with Crippen LogP contribution in [0.5, 0.6) is 5.75 Å². The van der Waals surface area contributed by atoms with E-state index >= 15 is 0 Å². The molecule has 0 aliphatic rings. The second-order valence-corrected chi connectivity index (χ2v) is 6.46. The number of aryl methyl sites for hydroxylation is 1. The van der Waals surface area contributed by atoms with Crippen LogP contribution in [0.25, 0.3) is 0 Å². The summed E-state index contributed by atoms with van der Waals surface area (Å²) < 4.78 is 11.6. The summed E-state index contributed by atoms with van der Waals surface area (Å²) in [7, 11) is -1.02. The first-order valence-corrected chi connectivity index (χ1v) is 8.55. The topological polar surface area (TPSA) is 18.5 Å². The highest BCUT2D eigenvalue weighted by Gasteiger charge is 2.12. The van der Waals surface area contributed by atoms with E-state index in [1.54, 1.807) is 12.3 Å².